The normalized spacial score (nSPS) is 10.5. The molecule has 0 aliphatic rings. The van der Waals surface area contributed by atoms with Gasteiger partial charge >= 0.3 is 5.97 Å². The summed E-state index contributed by atoms with van der Waals surface area (Å²) < 4.78 is 24.7. The summed E-state index contributed by atoms with van der Waals surface area (Å²) >= 11 is 0. The highest BCUT2D eigenvalue weighted by Gasteiger charge is 2.20. The number of methoxy groups -OCH3 is 2. The van der Waals surface area contributed by atoms with Gasteiger partial charge in [0.25, 0.3) is 5.91 Å². The molecule has 0 N–H and O–H groups in total. The first-order valence-electron chi connectivity index (χ1n) is 7.72. The van der Waals surface area contributed by atoms with Crippen molar-refractivity contribution in [1.82, 2.24) is 14.7 Å². The molecular weight excluding hydrogens is 329 g/mol. The van der Waals surface area contributed by atoms with Crippen LogP contribution in [-0.4, -0.2) is 60.5 Å². The minimum Gasteiger partial charge on any atom is -0.469 e. The van der Waals surface area contributed by atoms with Gasteiger partial charge in [0.05, 0.1) is 20.1 Å². The molecule has 0 bridgehead atoms. The number of esters is 1. The number of para-hydroxylation sites is 1. The summed E-state index contributed by atoms with van der Waals surface area (Å²) in [6.45, 7) is 0.807. The molecular formula is C17H20FN3O4. The van der Waals surface area contributed by atoms with E-state index in [1.54, 1.807) is 18.2 Å². The predicted octanol–water partition coefficient (Wildman–Crippen LogP) is 1.66. The first-order chi connectivity index (χ1) is 12.1. The van der Waals surface area contributed by atoms with E-state index >= 15 is 0 Å². The van der Waals surface area contributed by atoms with Crippen LogP contribution in [-0.2, 0) is 14.3 Å². The molecule has 1 aromatic heterocycles. The van der Waals surface area contributed by atoms with E-state index in [0.29, 0.717) is 13.2 Å². The molecule has 0 aliphatic heterocycles. The molecule has 0 spiro atoms. The van der Waals surface area contributed by atoms with E-state index in [1.165, 1.54) is 42.1 Å². The van der Waals surface area contributed by atoms with Crippen LogP contribution < -0.4 is 0 Å². The average Bonchev–Trinajstić information content (AvgIpc) is 3.11. The van der Waals surface area contributed by atoms with Crippen LogP contribution in [0.15, 0.2) is 36.5 Å². The summed E-state index contributed by atoms with van der Waals surface area (Å²) in [6.07, 6.45) is 1.58. The van der Waals surface area contributed by atoms with E-state index in [2.05, 4.69) is 9.84 Å². The Balaban J connectivity index is 2.15. The van der Waals surface area contributed by atoms with Gasteiger partial charge in [-0.15, -0.1) is 0 Å². The molecule has 0 unspecified atom stereocenters. The largest absolute Gasteiger partial charge is 0.469 e. The number of rotatable bonds is 8. The molecule has 8 heteroatoms. The molecule has 1 heterocycles. The van der Waals surface area contributed by atoms with Crippen molar-refractivity contribution in [2.75, 3.05) is 33.9 Å². The van der Waals surface area contributed by atoms with Gasteiger partial charge in [-0.1, -0.05) is 12.1 Å². The zero-order valence-electron chi connectivity index (χ0n) is 14.1. The van der Waals surface area contributed by atoms with Crippen molar-refractivity contribution in [2.24, 2.45) is 0 Å². The highest BCUT2D eigenvalue weighted by molar-refractivity contribution is 5.92. The van der Waals surface area contributed by atoms with E-state index < -0.39 is 11.8 Å². The van der Waals surface area contributed by atoms with Crippen LogP contribution in [0.1, 0.15) is 16.9 Å². The van der Waals surface area contributed by atoms with Gasteiger partial charge in [0, 0.05) is 26.4 Å². The van der Waals surface area contributed by atoms with Crippen molar-refractivity contribution >= 4 is 11.9 Å². The Morgan fingerprint density at radius 3 is 2.64 bits per heavy atom. The second kappa shape index (κ2) is 8.93. The minimum atomic E-state index is -0.438. The zero-order valence-corrected chi connectivity index (χ0v) is 14.1. The molecule has 7 nitrogen and oxygen atoms in total. The van der Waals surface area contributed by atoms with Crippen LogP contribution in [0.5, 0.6) is 0 Å². The number of amides is 1. The monoisotopic (exact) mass is 349 g/mol. The number of hydrogen-bond donors (Lipinski definition) is 0. The van der Waals surface area contributed by atoms with E-state index in [0.717, 1.165) is 0 Å². The summed E-state index contributed by atoms with van der Waals surface area (Å²) in [4.78, 5) is 25.4. The molecule has 1 aromatic carbocycles. The lowest BCUT2D eigenvalue weighted by Gasteiger charge is -2.20. The van der Waals surface area contributed by atoms with Gasteiger partial charge in [-0.05, 0) is 18.2 Å². The fraction of sp³-hybridized carbons (Fsp3) is 0.353. The molecule has 0 atom stereocenters. The third-order valence-electron chi connectivity index (χ3n) is 3.57. The number of halogens is 1. The first kappa shape index (κ1) is 18.6. The van der Waals surface area contributed by atoms with E-state index in [4.69, 9.17) is 4.74 Å². The van der Waals surface area contributed by atoms with Gasteiger partial charge in [-0.25, -0.2) is 9.07 Å². The van der Waals surface area contributed by atoms with Gasteiger partial charge in [-0.3, -0.25) is 9.59 Å². The Kier molecular flexibility index (Phi) is 6.64. The number of nitrogens with zero attached hydrogens (tertiary/aromatic N) is 3. The predicted molar refractivity (Wildman–Crippen MR) is 87.9 cm³/mol. The smallest absolute Gasteiger partial charge is 0.307 e. The van der Waals surface area contributed by atoms with Crippen LogP contribution in [0.25, 0.3) is 5.69 Å². The van der Waals surface area contributed by atoms with Crippen molar-refractivity contribution in [3.63, 3.8) is 0 Å². The Labute approximate surface area is 144 Å². The Hall–Kier alpha value is -2.74. The maximum Gasteiger partial charge on any atom is 0.307 e. The molecule has 25 heavy (non-hydrogen) atoms. The number of ether oxygens (including phenoxy) is 2. The summed E-state index contributed by atoms with van der Waals surface area (Å²) in [6, 6.07) is 7.65. The average molecular weight is 349 g/mol. The zero-order chi connectivity index (χ0) is 18.2. The Morgan fingerprint density at radius 1 is 1.20 bits per heavy atom. The maximum atomic E-state index is 13.8. The standard InChI is InChI=1S/C17H20FN3O4/c1-24-12-11-20(9-8-16(22)25-2)17(23)14-7-10-21(19-14)15-6-4-3-5-13(15)18/h3-7,10H,8-9,11-12H2,1-2H3. The summed E-state index contributed by atoms with van der Waals surface area (Å²) in [5.41, 5.74) is 0.406. The molecule has 2 aromatic rings. The van der Waals surface area contributed by atoms with Crippen LogP contribution in [0.2, 0.25) is 0 Å². The molecule has 2 rings (SSSR count). The lowest BCUT2D eigenvalue weighted by molar-refractivity contribution is -0.140. The van der Waals surface area contributed by atoms with Crippen molar-refractivity contribution in [1.29, 1.82) is 0 Å². The molecule has 1 amide bonds. The lowest BCUT2D eigenvalue weighted by atomic mass is 10.3. The van der Waals surface area contributed by atoms with Crippen molar-refractivity contribution < 1.29 is 23.5 Å². The van der Waals surface area contributed by atoms with Crippen LogP contribution in [0.4, 0.5) is 4.39 Å². The SMILES string of the molecule is COCCN(CCC(=O)OC)C(=O)c1ccn(-c2ccccc2F)n1. The van der Waals surface area contributed by atoms with Crippen LogP contribution >= 0.6 is 0 Å². The fourth-order valence-corrected chi connectivity index (χ4v) is 2.22. The number of aromatic nitrogens is 2. The quantitative estimate of drug-likeness (QED) is 0.678. The summed E-state index contributed by atoms with van der Waals surface area (Å²) in [5.74, 6) is -1.21. The van der Waals surface area contributed by atoms with Crippen molar-refractivity contribution in [3.05, 3.63) is 48.0 Å². The van der Waals surface area contributed by atoms with Gasteiger partial charge in [0.1, 0.15) is 11.5 Å². The third-order valence-corrected chi connectivity index (χ3v) is 3.57. The molecule has 0 saturated heterocycles. The molecule has 0 radical (unpaired) electrons. The van der Waals surface area contributed by atoms with E-state index in [1.807, 2.05) is 0 Å². The number of benzene rings is 1. The highest BCUT2D eigenvalue weighted by Crippen LogP contribution is 2.13. The minimum absolute atomic E-state index is 0.0694. The van der Waals surface area contributed by atoms with E-state index in [-0.39, 0.29) is 30.3 Å². The topological polar surface area (TPSA) is 73.7 Å². The van der Waals surface area contributed by atoms with Gasteiger partial charge in [-0.2, -0.15) is 5.10 Å². The maximum absolute atomic E-state index is 13.8. The van der Waals surface area contributed by atoms with Gasteiger partial charge in [0.2, 0.25) is 0 Å². The lowest BCUT2D eigenvalue weighted by Crippen LogP contribution is -2.36. The van der Waals surface area contributed by atoms with Gasteiger partial charge < -0.3 is 14.4 Å². The van der Waals surface area contributed by atoms with Crippen molar-refractivity contribution in [2.45, 2.75) is 6.42 Å². The van der Waals surface area contributed by atoms with E-state index in [9.17, 15) is 14.0 Å². The summed E-state index contributed by atoms with van der Waals surface area (Å²) in [5, 5.41) is 4.15. The van der Waals surface area contributed by atoms with Crippen LogP contribution in [0.3, 0.4) is 0 Å². The Bertz CT molecular complexity index is 732. The molecule has 0 fully saturated rings. The highest BCUT2D eigenvalue weighted by atomic mass is 19.1. The molecule has 134 valence electrons. The van der Waals surface area contributed by atoms with Gasteiger partial charge in [0.15, 0.2) is 5.69 Å². The van der Waals surface area contributed by atoms with Crippen LogP contribution in [0, 0.1) is 5.82 Å². The fourth-order valence-electron chi connectivity index (χ4n) is 2.22. The Morgan fingerprint density at radius 2 is 1.96 bits per heavy atom. The number of carbonyl (C=O) groups excluding carboxylic acids is 2. The molecule has 0 aliphatic carbocycles. The number of carbonyl (C=O) groups is 2. The third kappa shape index (κ3) is 4.87. The summed E-state index contributed by atoms with van der Waals surface area (Å²) in [7, 11) is 2.82. The first-order valence-corrected chi connectivity index (χ1v) is 7.72. The van der Waals surface area contributed by atoms with Crippen molar-refractivity contribution in [3.8, 4) is 5.69 Å². The molecule has 0 saturated carbocycles. The second-order valence-electron chi connectivity index (χ2n) is 5.21. The second-order valence-corrected chi connectivity index (χ2v) is 5.21. The number of hydrogen-bond acceptors (Lipinski definition) is 5.